The van der Waals surface area contributed by atoms with Crippen molar-refractivity contribution < 1.29 is 12.8 Å². The predicted molar refractivity (Wildman–Crippen MR) is 141 cm³/mol. The largest absolute Gasteiger partial charge is 0.459 e. The molecule has 0 radical (unpaired) electrons. The zero-order chi connectivity index (χ0) is 25.0. The van der Waals surface area contributed by atoms with Crippen molar-refractivity contribution in [2.75, 3.05) is 0 Å². The van der Waals surface area contributed by atoms with Gasteiger partial charge in [0.25, 0.3) is 0 Å². The van der Waals surface area contributed by atoms with E-state index in [2.05, 4.69) is 4.99 Å². The smallest absolute Gasteiger partial charge is 0.243 e. The molecule has 0 saturated carbocycles. The first kappa shape index (κ1) is 25.2. The molecule has 0 fully saturated rings. The summed E-state index contributed by atoms with van der Waals surface area (Å²) >= 11 is 12.2. The van der Waals surface area contributed by atoms with E-state index in [1.807, 2.05) is 38.1 Å². The van der Waals surface area contributed by atoms with Crippen LogP contribution in [0.1, 0.15) is 28.2 Å². The van der Waals surface area contributed by atoms with E-state index in [1.165, 1.54) is 4.31 Å². The molecule has 0 aliphatic rings. The van der Waals surface area contributed by atoms with Crippen molar-refractivity contribution in [1.82, 2.24) is 4.31 Å². The summed E-state index contributed by atoms with van der Waals surface area (Å²) in [5.74, 6) is 1.01. The quantitative estimate of drug-likeness (QED) is 0.225. The van der Waals surface area contributed by atoms with Gasteiger partial charge in [0, 0.05) is 16.6 Å². The van der Waals surface area contributed by atoms with E-state index in [1.54, 1.807) is 60.8 Å². The zero-order valence-corrected chi connectivity index (χ0v) is 21.6. The second kappa shape index (κ2) is 10.8. The number of hydrogen-bond acceptors (Lipinski definition) is 4. The summed E-state index contributed by atoms with van der Waals surface area (Å²) in [4.78, 5) is 4.63. The SMILES string of the molecule is Cc1ccc(S(=O)(=O)N(Cc2ccc(Cl)cc2)Cc2ccc(C=Nc3ccc(C)c(Cl)c3)o2)cc1. The first-order chi connectivity index (χ1) is 16.7. The molecule has 1 heterocycles. The highest BCUT2D eigenvalue weighted by molar-refractivity contribution is 7.89. The van der Waals surface area contributed by atoms with Crippen LogP contribution in [0, 0.1) is 13.8 Å². The van der Waals surface area contributed by atoms with E-state index in [-0.39, 0.29) is 18.0 Å². The summed E-state index contributed by atoms with van der Waals surface area (Å²) in [7, 11) is -3.79. The highest BCUT2D eigenvalue weighted by Gasteiger charge is 2.26. The third kappa shape index (κ3) is 6.41. The number of nitrogens with zero attached hydrogens (tertiary/aromatic N) is 2. The van der Waals surface area contributed by atoms with Crippen molar-refractivity contribution in [2.45, 2.75) is 31.8 Å². The van der Waals surface area contributed by atoms with Crippen LogP contribution in [0.5, 0.6) is 0 Å². The van der Waals surface area contributed by atoms with Crippen molar-refractivity contribution in [3.05, 3.63) is 117 Å². The summed E-state index contributed by atoms with van der Waals surface area (Å²) in [6, 6.07) is 23.0. The average Bonchev–Trinajstić information content (AvgIpc) is 3.28. The average molecular weight is 527 g/mol. The highest BCUT2D eigenvalue weighted by Crippen LogP contribution is 2.24. The normalized spacial score (nSPS) is 12.0. The van der Waals surface area contributed by atoms with Gasteiger partial charge in [0.15, 0.2) is 0 Å². The Morgan fingerprint density at radius 1 is 0.886 bits per heavy atom. The van der Waals surface area contributed by atoms with E-state index >= 15 is 0 Å². The van der Waals surface area contributed by atoms with E-state index in [4.69, 9.17) is 27.6 Å². The number of benzene rings is 3. The molecule has 0 spiro atoms. The monoisotopic (exact) mass is 526 g/mol. The Balaban J connectivity index is 1.58. The Labute approximate surface area is 215 Å². The fourth-order valence-corrected chi connectivity index (χ4v) is 5.10. The summed E-state index contributed by atoms with van der Waals surface area (Å²) in [5.41, 5.74) is 3.47. The Hall–Kier alpha value is -2.90. The van der Waals surface area contributed by atoms with Gasteiger partial charge >= 0.3 is 0 Å². The molecule has 35 heavy (non-hydrogen) atoms. The summed E-state index contributed by atoms with van der Waals surface area (Å²) < 4.78 is 34.3. The molecule has 0 unspecified atom stereocenters. The summed E-state index contributed by atoms with van der Waals surface area (Å²) in [5, 5.41) is 1.23. The molecule has 0 aliphatic carbocycles. The van der Waals surface area contributed by atoms with Gasteiger partial charge in [0.1, 0.15) is 11.5 Å². The van der Waals surface area contributed by atoms with Gasteiger partial charge in [-0.2, -0.15) is 4.31 Å². The molecule has 4 aromatic rings. The maximum absolute atomic E-state index is 13.5. The number of sulfonamides is 1. The van der Waals surface area contributed by atoms with E-state index in [9.17, 15) is 8.42 Å². The minimum atomic E-state index is -3.79. The van der Waals surface area contributed by atoms with Crippen LogP contribution in [0.2, 0.25) is 10.0 Å². The van der Waals surface area contributed by atoms with Gasteiger partial charge in [0.2, 0.25) is 10.0 Å². The van der Waals surface area contributed by atoms with Gasteiger partial charge in [-0.05, 0) is 73.5 Å². The van der Waals surface area contributed by atoms with Gasteiger partial charge in [-0.25, -0.2) is 8.42 Å². The molecular formula is C27H24Cl2N2O3S. The van der Waals surface area contributed by atoms with E-state index < -0.39 is 10.0 Å². The molecule has 8 heteroatoms. The van der Waals surface area contributed by atoms with Gasteiger partial charge in [-0.3, -0.25) is 4.99 Å². The molecule has 5 nitrogen and oxygen atoms in total. The van der Waals surface area contributed by atoms with Crippen LogP contribution in [0.3, 0.4) is 0 Å². The number of furan rings is 1. The maximum Gasteiger partial charge on any atom is 0.243 e. The zero-order valence-electron chi connectivity index (χ0n) is 19.3. The van der Waals surface area contributed by atoms with Crippen LogP contribution in [0.25, 0.3) is 0 Å². The Morgan fingerprint density at radius 3 is 2.29 bits per heavy atom. The molecule has 3 aromatic carbocycles. The Kier molecular flexibility index (Phi) is 7.77. The standard InChI is InChI=1S/C27H24Cl2N2O3S/c1-19-3-13-26(14-4-19)35(32,33)31(17-21-6-8-22(28)9-7-21)18-25-12-11-24(34-25)16-30-23-10-5-20(2)27(29)15-23/h3-16H,17-18H2,1-2H3. The molecule has 1 aromatic heterocycles. The fourth-order valence-electron chi connectivity index (χ4n) is 3.40. The number of hydrogen-bond donors (Lipinski definition) is 0. The molecule has 4 rings (SSSR count). The number of rotatable bonds is 8. The lowest BCUT2D eigenvalue weighted by Gasteiger charge is -2.21. The summed E-state index contributed by atoms with van der Waals surface area (Å²) in [6.45, 7) is 4.07. The Bertz CT molecular complexity index is 1440. The molecule has 0 N–H and O–H groups in total. The molecule has 0 aliphatic heterocycles. The van der Waals surface area contributed by atoms with Crippen LogP contribution in [0.4, 0.5) is 5.69 Å². The third-order valence-corrected chi connectivity index (χ3v) is 7.91. The van der Waals surface area contributed by atoms with Crippen molar-refractivity contribution in [2.24, 2.45) is 4.99 Å². The number of aryl methyl sites for hydroxylation is 2. The van der Waals surface area contributed by atoms with Crippen LogP contribution in [-0.4, -0.2) is 18.9 Å². The van der Waals surface area contributed by atoms with Crippen LogP contribution < -0.4 is 0 Å². The first-order valence-electron chi connectivity index (χ1n) is 10.9. The van der Waals surface area contributed by atoms with Crippen LogP contribution in [-0.2, 0) is 23.1 Å². The molecule has 0 saturated heterocycles. The van der Waals surface area contributed by atoms with Crippen molar-refractivity contribution in [3.63, 3.8) is 0 Å². The van der Waals surface area contributed by atoms with Gasteiger partial charge in [-0.15, -0.1) is 0 Å². The van der Waals surface area contributed by atoms with E-state index in [0.29, 0.717) is 27.3 Å². The highest BCUT2D eigenvalue weighted by atomic mass is 35.5. The number of halogens is 2. The molecule has 0 atom stereocenters. The second-order valence-corrected chi connectivity index (χ2v) is 11.0. The molecule has 0 amide bonds. The van der Waals surface area contributed by atoms with Crippen molar-refractivity contribution >= 4 is 45.1 Å². The predicted octanol–water partition coefficient (Wildman–Crippen LogP) is 7.34. The first-order valence-corrected chi connectivity index (χ1v) is 13.1. The molecule has 0 bridgehead atoms. The van der Waals surface area contributed by atoms with Gasteiger partial charge in [-0.1, -0.05) is 59.1 Å². The van der Waals surface area contributed by atoms with Gasteiger partial charge < -0.3 is 4.42 Å². The van der Waals surface area contributed by atoms with Crippen LogP contribution >= 0.6 is 23.2 Å². The summed E-state index contributed by atoms with van der Waals surface area (Å²) in [6.07, 6.45) is 1.59. The number of aliphatic imine (C=N–C) groups is 1. The lowest BCUT2D eigenvalue weighted by Crippen LogP contribution is -2.30. The minimum Gasteiger partial charge on any atom is -0.459 e. The fraction of sp³-hybridized carbons (Fsp3) is 0.148. The topological polar surface area (TPSA) is 62.9 Å². The minimum absolute atomic E-state index is 0.0586. The lowest BCUT2D eigenvalue weighted by molar-refractivity contribution is 0.357. The maximum atomic E-state index is 13.5. The molecule has 180 valence electrons. The van der Waals surface area contributed by atoms with Gasteiger partial charge in [0.05, 0.1) is 23.3 Å². The van der Waals surface area contributed by atoms with Crippen molar-refractivity contribution in [1.29, 1.82) is 0 Å². The van der Waals surface area contributed by atoms with Crippen molar-refractivity contribution in [3.8, 4) is 0 Å². The second-order valence-electron chi connectivity index (χ2n) is 8.21. The van der Waals surface area contributed by atoms with E-state index in [0.717, 1.165) is 16.7 Å². The third-order valence-electron chi connectivity index (χ3n) is 5.44. The Morgan fingerprint density at radius 2 is 1.60 bits per heavy atom. The molecular weight excluding hydrogens is 503 g/mol. The lowest BCUT2D eigenvalue weighted by atomic mass is 10.2. The van der Waals surface area contributed by atoms with Crippen LogP contribution in [0.15, 0.2) is 93.2 Å².